The fourth-order valence-corrected chi connectivity index (χ4v) is 8.53. The molecule has 2 aromatic heterocycles. The molecule has 2 aromatic carbocycles. The molecule has 1 saturated heterocycles. The number of aryl methyl sites for hydroxylation is 1. The van der Waals surface area contributed by atoms with Crippen LogP contribution in [0.1, 0.15) is 45.2 Å². The van der Waals surface area contributed by atoms with E-state index in [0.717, 1.165) is 64.6 Å². The zero-order valence-corrected chi connectivity index (χ0v) is 32.2. The van der Waals surface area contributed by atoms with Crippen LogP contribution in [0.3, 0.4) is 0 Å². The monoisotopic (exact) mass is 722 g/mol. The number of benzene rings is 2. The maximum absolute atomic E-state index is 14.5. The highest BCUT2D eigenvalue weighted by Crippen LogP contribution is 2.46. The van der Waals surface area contributed by atoms with Gasteiger partial charge < -0.3 is 28.6 Å². The smallest absolute Gasteiger partial charge is 0.256 e. The van der Waals surface area contributed by atoms with Gasteiger partial charge >= 0.3 is 0 Å². The van der Waals surface area contributed by atoms with Crippen LogP contribution < -0.4 is 4.74 Å². The van der Waals surface area contributed by atoms with Gasteiger partial charge in [0.25, 0.3) is 5.91 Å². The third kappa shape index (κ3) is 7.30. The van der Waals surface area contributed by atoms with Gasteiger partial charge in [-0.05, 0) is 56.6 Å². The summed E-state index contributed by atoms with van der Waals surface area (Å²) < 4.78 is 20.8. The van der Waals surface area contributed by atoms with E-state index in [-0.39, 0.29) is 11.8 Å². The summed E-state index contributed by atoms with van der Waals surface area (Å²) in [4.78, 5) is 23.5. The van der Waals surface area contributed by atoms with Crippen molar-refractivity contribution in [1.29, 1.82) is 0 Å². The number of likely N-dealkylation sites (tertiary alicyclic amines) is 1. The number of aromatic nitrogens is 2. The SMILES string of the molecule is COC(C)(c1cc(Cl)c2c(c1Cl)C(=O)N(Cc1c(OCc3ccccc3)nc(C)c3c1ccn3COCC[Si](C)(C)C)CC2)C1CN(C)C1. The third-order valence-corrected chi connectivity index (χ3v) is 12.6. The van der Waals surface area contributed by atoms with Gasteiger partial charge in [0.1, 0.15) is 13.3 Å². The summed E-state index contributed by atoms with van der Waals surface area (Å²) in [5.41, 5.74) is 5.03. The number of fused-ring (bicyclic) bond motifs is 2. The lowest BCUT2D eigenvalue weighted by Gasteiger charge is -2.47. The van der Waals surface area contributed by atoms with E-state index < -0.39 is 13.7 Å². The van der Waals surface area contributed by atoms with E-state index in [1.54, 1.807) is 7.11 Å². The van der Waals surface area contributed by atoms with Gasteiger partial charge in [0.15, 0.2) is 0 Å². The lowest BCUT2D eigenvalue weighted by molar-refractivity contribution is -0.0991. The predicted octanol–water partition coefficient (Wildman–Crippen LogP) is 8.16. The Balaban J connectivity index is 1.35. The number of nitrogens with zero attached hydrogens (tertiary/aromatic N) is 4. The van der Waals surface area contributed by atoms with Gasteiger partial charge in [0.2, 0.25) is 5.88 Å². The first kappa shape index (κ1) is 35.9. The zero-order chi connectivity index (χ0) is 35.1. The Morgan fingerprint density at radius 2 is 1.84 bits per heavy atom. The molecular formula is C38H48Cl2N4O4Si. The Kier molecular flexibility index (Phi) is 10.5. The zero-order valence-electron chi connectivity index (χ0n) is 29.7. The summed E-state index contributed by atoms with van der Waals surface area (Å²) in [5, 5.41) is 1.96. The molecule has 0 aliphatic carbocycles. The van der Waals surface area contributed by atoms with Crippen LogP contribution in [0.25, 0.3) is 10.9 Å². The normalized spacial score (nSPS) is 16.9. The average molecular weight is 724 g/mol. The van der Waals surface area contributed by atoms with Crippen molar-refractivity contribution >= 4 is 48.1 Å². The number of pyridine rings is 1. The summed E-state index contributed by atoms with van der Waals surface area (Å²) in [5.74, 6) is 0.587. The molecule has 0 spiro atoms. The Hall–Kier alpha value is -2.92. The van der Waals surface area contributed by atoms with E-state index >= 15 is 0 Å². The minimum absolute atomic E-state index is 0.156. The number of carbonyl (C=O) groups excluding carboxylic acids is 1. The Bertz CT molecular complexity index is 1840. The van der Waals surface area contributed by atoms with Crippen LogP contribution in [0.5, 0.6) is 5.88 Å². The van der Waals surface area contributed by atoms with Crippen molar-refractivity contribution in [1.82, 2.24) is 19.4 Å². The van der Waals surface area contributed by atoms with Crippen molar-refractivity contribution < 1.29 is 19.0 Å². The number of hydrogen-bond acceptors (Lipinski definition) is 6. The predicted molar refractivity (Wildman–Crippen MR) is 200 cm³/mol. The molecule has 0 bridgehead atoms. The third-order valence-electron chi connectivity index (χ3n) is 10.2. The molecular weight excluding hydrogens is 675 g/mol. The minimum atomic E-state index is -1.21. The second-order valence-electron chi connectivity index (χ2n) is 14.9. The van der Waals surface area contributed by atoms with Gasteiger partial charge in [0, 0.05) is 75.1 Å². The van der Waals surface area contributed by atoms with Crippen molar-refractivity contribution in [2.24, 2.45) is 5.92 Å². The molecule has 8 nitrogen and oxygen atoms in total. The molecule has 11 heteroatoms. The molecule has 1 amide bonds. The second kappa shape index (κ2) is 14.4. The maximum Gasteiger partial charge on any atom is 0.256 e. The molecule has 1 atom stereocenters. The maximum atomic E-state index is 14.5. The quantitative estimate of drug-likeness (QED) is 0.103. The second-order valence-corrected chi connectivity index (χ2v) is 21.3. The van der Waals surface area contributed by atoms with E-state index in [9.17, 15) is 4.79 Å². The van der Waals surface area contributed by atoms with Gasteiger partial charge in [-0.2, -0.15) is 0 Å². The van der Waals surface area contributed by atoms with Crippen LogP contribution in [-0.2, 0) is 41.4 Å². The number of ether oxygens (including phenoxy) is 3. The minimum Gasteiger partial charge on any atom is -0.473 e. The first-order valence-electron chi connectivity index (χ1n) is 17.1. The number of hydrogen-bond donors (Lipinski definition) is 0. The summed E-state index contributed by atoms with van der Waals surface area (Å²) in [6.07, 6.45) is 2.63. The molecule has 2 aliphatic heterocycles. The highest BCUT2D eigenvalue weighted by molar-refractivity contribution is 6.76. The van der Waals surface area contributed by atoms with E-state index in [4.69, 9.17) is 42.4 Å². The van der Waals surface area contributed by atoms with Gasteiger partial charge in [-0.25, -0.2) is 4.98 Å². The molecule has 2 aliphatic rings. The molecule has 0 N–H and O–H groups in total. The molecule has 49 heavy (non-hydrogen) atoms. The average Bonchev–Trinajstić information content (AvgIpc) is 3.48. The van der Waals surface area contributed by atoms with Gasteiger partial charge in [-0.15, -0.1) is 0 Å². The van der Waals surface area contributed by atoms with E-state index in [0.29, 0.717) is 54.3 Å². The molecule has 4 aromatic rings. The summed E-state index contributed by atoms with van der Waals surface area (Å²) >= 11 is 14.1. The van der Waals surface area contributed by atoms with Crippen molar-refractivity contribution in [3.8, 4) is 5.88 Å². The van der Waals surface area contributed by atoms with Crippen molar-refractivity contribution in [2.75, 3.05) is 40.4 Å². The van der Waals surface area contributed by atoms with Crippen LogP contribution in [-0.4, -0.2) is 73.7 Å². The molecule has 262 valence electrons. The first-order chi connectivity index (χ1) is 23.3. The van der Waals surface area contributed by atoms with E-state index in [2.05, 4.69) is 42.2 Å². The Morgan fingerprint density at radius 3 is 2.51 bits per heavy atom. The lowest BCUT2D eigenvalue weighted by atomic mass is 9.77. The highest BCUT2D eigenvalue weighted by Gasteiger charge is 2.45. The molecule has 6 rings (SSSR count). The van der Waals surface area contributed by atoms with Gasteiger partial charge in [-0.3, -0.25) is 4.79 Å². The number of halogens is 2. The van der Waals surface area contributed by atoms with Crippen LogP contribution in [0, 0.1) is 12.8 Å². The first-order valence-corrected chi connectivity index (χ1v) is 21.5. The number of amides is 1. The van der Waals surface area contributed by atoms with E-state index in [1.165, 1.54) is 0 Å². The molecule has 0 saturated carbocycles. The Morgan fingerprint density at radius 1 is 1.10 bits per heavy atom. The van der Waals surface area contributed by atoms with Gasteiger partial charge in [0.05, 0.1) is 33.9 Å². The van der Waals surface area contributed by atoms with Crippen molar-refractivity contribution in [3.05, 3.63) is 92.2 Å². The summed E-state index contributed by atoms with van der Waals surface area (Å²) in [7, 11) is 2.57. The van der Waals surface area contributed by atoms with Crippen LogP contribution in [0.4, 0.5) is 0 Å². The summed E-state index contributed by atoms with van der Waals surface area (Å²) in [6, 6.07) is 15.1. The number of rotatable bonds is 13. The molecule has 4 heterocycles. The molecule has 1 unspecified atom stereocenters. The van der Waals surface area contributed by atoms with Crippen molar-refractivity contribution in [2.45, 2.75) is 71.4 Å². The Labute approximate surface area is 301 Å². The fraction of sp³-hybridized carbons (Fsp3) is 0.474. The van der Waals surface area contributed by atoms with Crippen LogP contribution in [0.2, 0.25) is 35.7 Å². The van der Waals surface area contributed by atoms with Crippen molar-refractivity contribution in [3.63, 3.8) is 0 Å². The fourth-order valence-electron chi connectivity index (χ4n) is 7.04. The highest BCUT2D eigenvalue weighted by atomic mass is 35.5. The van der Waals surface area contributed by atoms with Crippen LogP contribution >= 0.6 is 23.2 Å². The largest absolute Gasteiger partial charge is 0.473 e. The lowest BCUT2D eigenvalue weighted by Crippen LogP contribution is -2.54. The summed E-state index contributed by atoms with van der Waals surface area (Å²) in [6.45, 7) is 15.2. The standard InChI is InChI=1S/C38H48Cl2N4O4Si/c1-25-35-28(13-16-44(35)24-47-17-18-49(5,6)7)30(36(41-25)48-23-26-11-9-8-10-12-26)22-43-15-14-29-32(39)19-31(34(40)33(29)37(43)45)38(2,46-4)27-20-42(3)21-27/h8-13,16,19,27H,14-15,17-18,20-24H2,1-7H3. The number of carbonyl (C=O) groups is 1. The van der Waals surface area contributed by atoms with E-state index in [1.807, 2.05) is 61.3 Å². The van der Waals surface area contributed by atoms with Crippen LogP contribution in [0.15, 0.2) is 48.7 Å². The van der Waals surface area contributed by atoms with Gasteiger partial charge in [-0.1, -0.05) is 73.2 Å². The topological polar surface area (TPSA) is 69.1 Å². The number of methoxy groups -OCH3 is 1. The molecule has 0 radical (unpaired) electrons. The molecule has 1 fully saturated rings.